The average Bonchev–Trinajstić information content (AvgIpc) is 2.81. The van der Waals surface area contributed by atoms with E-state index in [4.69, 9.17) is 4.74 Å². The molecule has 0 aromatic heterocycles. The van der Waals surface area contributed by atoms with Crippen molar-refractivity contribution in [2.75, 3.05) is 20.2 Å². The highest BCUT2D eigenvalue weighted by molar-refractivity contribution is 9.10. The van der Waals surface area contributed by atoms with Gasteiger partial charge in [0.1, 0.15) is 5.75 Å². The minimum atomic E-state index is 0.210. The average molecular weight is 298 g/mol. The molecular weight excluding hydrogens is 282 g/mol. The van der Waals surface area contributed by atoms with Crippen LogP contribution in [0.15, 0.2) is 22.7 Å². The molecule has 1 aliphatic heterocycles. The number of carbonyl (C=O) groups is 1. The number of halogens is 1. The predicted octanol–water partition coefficient (Wildman–Crippen LogP) is 2.64. The quantitative estimate of drug-likeness (QED) is 0.869. The Morgan fingerprint density at radius 1 is 1.59 bits per heavy atom. The molecule has 1 saturated heterocycles. The van der Waals surface area contributed by atoms with E-state index in [0.717, 1.165) is 35.3 Å². The third-order valence-corrected chi connectivity index (χ3v) is 3.73. The van der Waals surface area contributed by atoms with Gasteiger partial charge in [-0.15, -0.1) is 0 Å². The van der Waals surface area contributed by atoms with E-state index in [0.29, 0.717) is 12.3 Å². The fourth-order valence-corrected chi connectivity index (χ4v) is 2.65. The van der Waals surface area contributed by atoms with Gasteiger partial charge in [-0.25, -0.2) is 0 Å². The molecule has 0 radical (unpaired) electrons. The zero-order valence-electron chi connectivity index (χ0n) is 9.83. The van der Waals surface area contributed by atoms with Crippen LogP contribution in [0.5, 0.6) is 5.75 Å². The second-order valence-corrected chi connectivity index (χ2v) is 5.19. The summed E-state index contributed by atoms with van der Waals surface area (Å²) in [6.07, 6.45) is 1.73. The van der Waals surface area contributed by atoms with Crippen LogP contribution in [0.1, 0.15) is 23.2 Å². The van der Waals surface area contributed by atoms with Crippen molar-refractivity contribution >= 4 is 21.7 Å². The van der Waals surface area contributed by atoms with Crippen LogP contribution in [0.25, 0.3) is 0 Å². The maximum Gasteiger partial charge on any atom is 0.163 e. The molecule has 1 aliphatic rings. The Bertz CT molecular complexity index is 414. The molecule has 0 spiro atoms. The number of nitrogens with one attached hydrogen (secondary N) is 1. The maximum absolute atomic E-state index is 12.1. The van der Waals surface area contributed by atoms with Gasteiger partial charge < -0.3 is 10.1 Å². The van der Waals surface area contributed by atoms with Crippen LogP contribution >= 0.6 is 15.9 Å². The van der Waals surface area contributed by atoms with Crippen LogP contribution in [-0.4, -0.2) is 26.0 Å². The number of ether oxygens (including phenoxy) is 1. The molecule has 1 heterocycles. The first kappa shape index (κ1) is 12.6. The monoisotopic (exact) mass is 297 g/mol. The van der Waals surface area contributed by atoms with Gasteiger partial charge in [-0.3, -0.25) is 4.79 Å². The van der Waals surface area contributed by atoms with E-state index in [2.05, 4.69) is 21.2 Å². The fraction of sp³-hybridized carbons (Fsp3) is 0.462. The summed E-state index contributed by atoms with van der Waals surface area (Å²) in [5, 5.41) is 3.28. The van der Waals surface area contributed by atoms with Gasteiger partial charge in [-0.1, -0.05) is 0 Å². The van der Waals surface area contributed by atoms with E-state index in [1.807, 2.05) is 18.2 Å². The van der Waals surface area contributed by atoms with Crippen LogP contribution in [-0.2, 0) is 0 Å². The normalized spacial score (nSPS) is 19.3. The molecule has 0 aliphatic carbocycles. The highest BCUT2D eigenvalue weighted by atomic mass is 79.9. The maximum atomic E-state index is 12.1. The van der Waals surface area contributed by atoms with E-state index in [9.17, 15) is 4.79 Å². The van der Waals surface area contributed by atoms with Gasteiger partial charge in [0.25, 0.3) is 0 Å². The lowest BCUT2D eigenvalue weighted by molar-refractivity contribution is 0.0964. The van der Waals surface area contributed by atoms with E-state index in [1.54, 1.807) is 7.11 Å². The molecular formula is C13H16BrNO2. The lowest BCUT2D eigenvalue weighted by atomic mass is 9.97. The summed E-state index contributed by atoms with van der Waals surface area (Å²) >= 11 is 3.40. The molecule has 17 heavy (non-hydrogen) atoms. The predicted molar refractivity (Wildman–Crippen MR) is 70.6 cm³/mol. The summed E-state index contributed by atoms with van der Waals surface area (Å²) < 4.78 is 5.97. The van der Waals surface area contributed by atoms with E-state index < -0.39 is 0 Å². The largest absolute Gasteiger partial charge is 0.496 e. The molecule has 0 saturated carbocycles. The van der Waals surface area contributed by atoms with Gasteiger partial charge in [0.05, 0.1) is 11.6 Å². The van der Waals surface area contributed by atoms with Gasteiger partial charge >= 0.3 is 0 Å². The van der Waals surface area contributed by atoms with Crippen molar-refractivity contribution in [1.29, 1.82) is 0 Å². The highest BCUT2D eigenvalue weighted by Gasteiger charge is 2.19. The molecule has 1 N–H and O–H groups in total. The summed E-state index contributed by atoms with van der Waals surface area (Å²) in [6, 6.07) is 5.49. The molecule has 0 bridgehead atoms. The summed E-state index contributed by atoms with van der Waals surface area (Å²) in [6.45, 7) is 1.99. The number of rotatable bonds is 4. The number of benzene rings is 1. The Balaban J connectivity index is 2.05. The Hall–Kier alpha value is -0.870. The van der Waals surface area contributed by atoms with Crippen molar-refractivity contribution in [3.05, 3.63) is 28.2 Å². The molecule has 1 aromatic carbocycles. The van der Waals surface area contributed by atoms with Gasteiger partial charge in [0.2, 0.25) is 0 Å². The first-order valence-corrected chi connectivity index (χ1v) is 6.57. The zero-order chi connectivity index (χ0) is 12.3. The van der Waals surface area contributed by atoms with Gasteiger partial charge in [-0.2, -0.15) is 0 Å². The molecule has 2 rings (SSSR count). The van der Waals surface area contributed by atoms with Crippen LogP contribution in [0, 0.1) is 5.92 Å². The van der Waals surface area contributed by atoms with Crippen molar-refractivity contribution in [3.63, 3.8) is 0 Å². The van der Waals surface area contributed by atoms with E-state index in [1.165, 1.54) is 0 Å². The number of methoxy groups -OCH3 is 1. The SMILES string of the molecule is COc1ccc(C(=O)CC2CCNC2)cc1Br. The molecule has 4 heteroatoms. The number of hydrogen-bond acceptors (Lipinski definition) is 3. The number of carbonyl (C=O) groups excluding carboxylic acids is 1. The van der Waals surface area contributed by atoms with Crippen molar-refractivity contribution in [2.24, 2.45) is 5.92 Å². The fourth-order valence-electron chi connectivity index (χ4n) is 2.11. The van der Waals surface area contributed by atoms with Gasteiger partial charge in [0.15, 0.2) is 5.78 Å². The molecule has 3 nitrogen and oxygen atoms in total. The first-order chi connectivity index (χ1) is 8.20. The molecule has 1 atom stereocenters. The minimum Gasteiger partial charge on any atom is -0.496 e. The summed E-state index contributed by atoms with van der Waals surface area (Å²) in [7, 11) is 1.62. The Kier molecular flexibility index (Phi) is 4.18. The molecule has 1 fully saturated rings. The molecule has 1 aromatic rings. The number of hydrogen-bond donors (Lipinski definition) is 1. The van der Waals surface area contributed by atoms with Gasteiger partial charge in [-0.05, 0) is 59.6 Å². The summed E-state index contributed by atoms with van der Waals surface area (Å²) in [4.78, 5) is 12.1. The van der Waals surface area contributed by atoms with Gasteiger partial charge in [0, 0.05) is 12.0 Å². The third-order valence-electron chi connectivity index (χ3n) is 3.11. The van der Waals surface area contributed by atoms with Crippen LogP contribution in [0.3, 0.4) is 0 Å². The van der Waals surface area contributed by atoms with Crippen molar-refractivity contribution in [3.8, 4) is 5.75 Å². The van der Waals surface area contributed by atoms with Crippen molar-refractivity contribution in [1.82, 2.24) is 5.32 Å². The Morgan fingerprint density at radius 2 is 2.41 bits per heavy atom. The molecule has 92 valence electrons. The molecule has 1 unspecified atom stereocenters. The second kappa shape index (κ2) is 5.65. The number of Topliss-reactive ketones (excluding diaryl/α,β-unsaturated/α-hetero) is 1. The van der Waals surface area contributed by atoms with Crippen LogP contribution in [0.2, 0.25) is 0 Å². The third kappa shape index (κ3) is 3.07. The van der Waals surface area contributed by atoms with Crippen molar-refractivity contribution in [2.45, 2.75) is 12.8 Å². The Labute approximate surface area is 110 Å². The zero-order valence-corrected chi connectivity index (χ0v) is 11.4. The number of ketones is 1. The highest BCUT2D eigenvalue weighted by Crippen LogP contribution is 2.26. The van der Waals surface area contributed by atoms with E-state index in [-0.39, 0.29) is 5.78 Å². The lowest BCUT2D eigenvalue weighted by Crippen LogP contribution is -2.12. The summed E-state index contributed by atoms with van der Waals surface area (Å²) in [5.74, 6) is 1.45. The smallest absolute Gasteiger partial charge is 0.163 e. The van der Waals surface area contributed by atoms with E-state index >= 15 is 0 Å². The Morgan fingerprint density at radius 3 is 3.00 bits per heavy atom. The van der Waals surface area contributed by atoms with Crippen LogP contribution < -0.4 is 10.1 Å². The topological polar surface area (TPSA) is 38.3 Å². The van der Waals surface area contributed by atoms with Crippen LogP contribution in [0.4, 0.5) is 0 Å². The summed E-state index contributed by atoms with van der Waals surface area (Å²) in [5.41, 5.74) is 0.754. The molecule has 0 amide bonds. The second-order valence-electron chi connectivity index (χ2n) is 4.34. The first-order valence-electron chi connectivity index (χ1n) is 5.78. The van der Waals surface area contributed by atoms with Crippen molar-refractivity contribution < 1.29 is 9.53 Å². The standard InChI is InChI=1S/C13H16BrNO2/c1-17-13-3-2-10(7-11(13)14)12(16)6-9-4-5-15-8-9/h2-3,7,9,15H,4-6,8H2,1H3. The lowest BCUT2D eigenvalue weighted by Gasteiger charge is -2.09. The minimum absolute atomic E-state index is 0.210.